The molecule has 1 heterocycles. The van der Waals surface area contributed by atoms with E-state index in [9.17, 15) is 18.0 Å². The number of halogens is 3. The van der Waals surface area contributed by atoms with Crippen molar-refractivity contribution in [3.63, 3.8) is 0 Å². The van der Waals surface area contributed by atoms with Crippen LogP contribution in [0.2, 0.25) is 0 Å². The fourth-order valence-corrected chi connectivity index (χ4v) is 2.11. The van der Waals surface area contributed by atoms with Crippen LogP contribution in [0.3, 0.4) is 0 Å². The summed E-state index contributed by atoms with van der Waals surface area (Å²) in [5.41, 5.74) is 0.265. The normalized spacial score (nSPS) is 18.8. The molecule has 1 amide bonds. The minimum absolute atomic E-state index is 0.0291. The van der Waals surface area contributed by atoms with Crippen molar-refractivity contribution in [1.82, 2.24) is 10.6 Å². The van der Waals surface area contributed by atoms with Gasteiger partial charge in [-0.2, -0.15) is 0 Å². The lowest BCUT2D eigenvalue weighted by molar-refractivity contribution is -0.274. The molecule has 1 aromatic carbocycles. The van der Waals surface area contributed by atoms with Gasteiger partial charge in [0.05, 0.1) is 13.2 Å². The fraction of sp³-hybridized carbons (Fsp3) is 0.500. The van der Waals surface area contributed by atoms with Gasteiger partial charge in [-0.15, -0.1) is 13.2 Å². The van der Waals surface area contributed by atoms with Gasteiger partial charge in [-0.05, 0) is 6.07 Å². The number of rotatable bonds is 5. The molecule has 1 aliphatic heterocycles. The molecule has 0 saturated carbocycles. The zero-order valence-corrected chi connectivity index (χ0v) is 11.8. The molecule has 1 saturated heterocycles. The van der Waals surface area contributed by atoms with Crippen LogP contribution in [-0.4, -0.2) is 38.1 Å². The Balaban J connectivity index is 1.86. The second-order valence-electron chi connectivity index (χ2n) is 4.86. The van der Waals surface area contributed by atoms with Crippen LogP contribution in [0.5, 0.6) is 5.75 Å². The van der Waals surface area contributed by atoms with Crippen molar-refractivity contribution in [3.8, 4) is 5.75 Å². The number of nitrogens with one attached hydrogen (secondary N) is 2. The second-order valence-corrected chi connectivity index (χ2v) is 4.86. The van der Waals surface area contributed by atoms with E-state index in [0.29, 0.717) is 19.8 Å². The van der Waals surface area contributed by atoms with Gasteiger partial charge in [-0.1, -0.05) is 18.2 Å². The molecule has 122 valence electrons. The summed E-state index contributed by atoms with van der Waals surface area (Å²) in [5.74, 6) is -0.570. The molecule has 2 rings (SSSR count). The van der Waals surface area contributed by atoms with E-state index in [4.69, 9.17) is 4.74 Å². The molecule has 1 atom stereocenters. The third kappa shape index (κ3) is 5.53. The number of benzene rings is 1. The maximum atomic E-state index is 12.3. The summed E-state index contributed by atoms with van der Waals surface area (Å²) >= 11 is 0. The van der Waals surface area contributed by atoms with Crippen molar-refractivity contribution in [2.24, 2.45) is 0 Å². The molecule has 1 aromatic rings. The number of alkyl halides is 3. The zero-order valence-electron chi connectivity index (χ0n) is 11.8. The van der Waals surface area contributed by atoms with Crippen LogP contribution in [0.4, 0.5) is 13.2 Å². The van der Waals surface area contributed by atoms with Crippen molar-refractivity contribution in [1.29, 1.82) is 0 Å². The van der Waals surface area contributed by atoms with E-state index in [2.05, 4.69) is 15.4 Å². The molecule has 2 N–H and O–H groups in total. The number of carbonyl (C=O) groups is 1. The van der Waals surface area contributed by atoms with Gasteiger partial charge in [0.15, 0.2) is 0 Å². The minimum atomic E-state index is -4.76. The Bertz CT molecular complexity index is 502. The van der Waals surface area contributed by atoms with Crippen LogP contribution in [0.1, 0.15) is 12.0 Å². The number of carbonyl (C=O) groups excluding carboxylic acids is 1. The molecule has 0 spiro atoms. The van der Waals surface area contributed by atoms with Gasteiger partial charge >= 0.3 is 6.36 Å². The topological polar surface area (TPSA) is 59.6 Å². The van der Waals surface area contributed by atoms with Gasteiger partial charge in [-0.25, -0.2) is 0 Å². The maximum Gasteiger partial charge on any atom is 0.573 e. The number of hydrogen-bond acceptors (Lipinski definition) is 4. The number of para-hydroxylation sites is 1. The Labute approximate surface area is 125 Å². The van der Waals surface area contributed by atoms with E-state index in [1.54, 1.807) is 6.07 Å². The van der Waals surface area contributed by atoms with Crippen LogP contribution in [0.25, 0.3) is 0 Å². The molecular formula is C14H17F3N2O3. The zero-order chi connectivity index (χ0) is 16.0. The average molecular weight is 318 g/mol. The molecule has 5 nitrogen and oxygen atoms in total. The number of ether oxygens (including phenoxy) is 2. The Morgan fingerprint density at radius 2 is 2.18 bits per heavy atom. The van der Waals surface area contributed by atoms with Crippen molar-refractivity contribution in [2.75, 3.05) is 19.8 Å². The van der Waals surface area contributed by atoms with Gasteiger partial charge < -0.3 is 20.1 Å². The smallest absolute Gasteiger partial charge is 0.405 e. The third-order valence-corrected chi connectivity index (χ3v) is 3.10. The Hall–Kier alpha value is -1.80. The van der Waals surface area contributed by atoms with Gasteiger partial charge in [0.2, 0.25) is 5.91 Å². The van der Waals surface area contributed by atoms with Crippen LogP contribution >= 0.6 is 0 Å². The highest BCUT2D eigenvalue weighted by atomic mass is 19.4. The SMILES string of the molecule is O=C(CC1COCCN1)NCc1ccccc1OC(F)(F)F. The van der Waals surface area contributed by atoms with E-state index in [1.165, 1.54) is 18.2 Å². The van der Waals surface area contributed by atoms with Gasteiger partial charge in [0.1, 0.15) is 5.75 Å². The van der Waals surface area contributed by atoms with Crippen LogP contribution in [0, 0.1) is 0 Å². The van der Waals surface area contributed by atoms with E-state index in [0.717, 1.165) is 0 Å². The van der Waals surface area contributed by atoms with Gasteiger partial charge in [0, 0.05) is 31.1 Å². The standard InChI is InChI=1S/C14H17F3N2O3/c15-14(16,17)22-12-4-2-1-3-10(12)8-19-13(20)7-11-9-21-6-5-18-11/h1-4,11,18H,5-9H2,(H,19,20). The molecular weight excluding hydrogens is 301 g/mol. The highest BCUT2D eigenvalue weighted by molar-refractivity contribution is 5.76. The lowest BCUT2D eigenvalue weighted by atomic mass is 10.1. The van der Waals surface area contributed by atoms with Gasteiger partial charge in [-0.3, -0.25) is 4.79 Å². The molecule has 1 aliphatic rings. The van der Waals surface area contributed by atoms with Crippen molar-refractivity contribution in [3.05, 3.63) is 29.8 Å². The summed E-state index contributed by atoms with van der Waals surface area (Å²) < 4.78 is 46.1. The van der Waals surface area contributed by atoms with E-state index < -0.39 is 6.36 Å². The highest BCUT2D eigenvalue weighted by Gasteiger charge is 2.32. The van der Waals surface area contributed by atoms with Crippen LogP contribution in [-0.2, 0) is 16.1 Å². The molecule has 8 heteroatoms. The van der Waals surface area contributed by atoms with Gasteiger partial charge in [0.25, 0.3) is 0 Å². The van der Waals surface area contributed by atoms with Crippen molar-refractivity contribution in [2.45, 2.75) is 25.4 Å². The molecule has 0 aliphatic carbocycles. The largest absolute Gasteiger partial charge is 0.573 e. The first-order chi connectivity index (χ1) is 10.4. The van der Waals surface area contributed by atoms with Crippen molar-refractivity contribution < 1.29 is 27.4 Å². The predicted molar refractivity (Wildman–Crippen MR) is 72.2 cm³/mol. The summed E-state index contributed by atoms with van der Waals surface area (Å²) in [6.07, 6.45) is -4.55. The fourth-order valence-electron chi connectivity index (χ4n) is 2.11. The Kier molecular flexibility index (Phi) is 5.62. The molecule has 1 unspecified atom stereocenters. The average Bonchev–Trinajstić information content (AvgIpc) is 2.46. The quantitative estimate of drug-likeness (QED) is 0.865. The van der Waals surface area contributed by atoms with Crippen LogP contribution < -0.4 is 15.4 Å². The monoisotopic (exact) mass is 318 g/mol. The lowest BCUT2D eigenvalue weighted by Gasteiger charge is -2.23. The Morgan fingerprint density at radius 3 is 2.86 bits per heavy atom. The Morgan fingerprint density at radius 1 is 1.41 bits per heavy atom. The number of amides is 1. The molecule has 0 radical (unpaired) electrons. The van der Waals surface area contributed by atoms with Crippen LogP contribution in [0.15, 0.2) is 24.3 Å². The number of hydrogen-bond donors (Lipinski definition) is 2. The van der Waals surface area contributed by atoms with E-state index in [1.807, 2.05) is 0 Å². The van der Waals surface area contributed by atoms with E-state index >= 15 is 0 Å². The van der Waals surface area contributed by atoms with E-state index in [-0.39, 0.29) is 36.2 Å². The summed E-state index contributed by atoms with van der Waals surface area (Å²) in [6.45, 7) is 1.71. The van der Waals surface area contributed by atoms with Crippen molar-refractivity contribution >= 4 is 5.91 Å². The third-order valence-electron chi connectivity index (χ3n) is 3.10. The highest BCUT2D eigenvalue weighted by Crippen LogP contribution is 2.26. The summed E-state index contributed by atoms with van der Waals surface area (Å²) in [7, 11) is 0. The number of morpholine rings is 1. The minimum Gasteiger partial charge on any atom is -0.405 e. The summed E-state index contributed by atoms with van der Waals surface area (Å²) in [5, 5.41) is 5.72. The summed E-state index contributed by atoms with van der Waals surface area (Å²) in [4.78, 5) is 11.8. The summed E-state index contributed by atoms with van der Waals surface area (Å²) in [6, 6.07) is 5.64. The molecule has 0 aromatic heterocycles. The lowest BCUT2D eigenvalue weighted by Crippen LogP contribution is -2.44. The first-order valence-electron chi connectivity index (χ1n) is 6.85. The second kappa shape index (κ2) is 7.46. The maximum absolute atomic E-state index is 12.3. The molecule has 0 bridgehead atoms. The molecule has 1 fully saturated rings. The predicted octanol–water partition coefficient (Wildman–Crippen LogP) is 1.58. The molecule has 22 heavy (non-hydrogen) atoms. The first kappa shape index (κ1) is 16.6. The first-order valence-corrected chi connectivity index (χ1v) is 6.85.